The minimum absolute atomic E-state index is 0.0768. The van der Waals surface area contributed by atoms with E-state index in [0.717, 1.165) is 16.7 Å². The van der Waals surface area contributed by atoms with Gasteiger partial charge in [-0.05, 0) is 57.0 Å². The number of sulfonamides is 1. The number of hydrogen-bond donors (Lipinski definition) is 2. The molecule has 0 aliphatic heterocycles. The lowest BCUT2D eigenvalue weighted by atomic mass is 10.1. The van der Waals surface area contributed by atoms with Gasteiger partial charge in [0.1, 0.15) is 5.75 Å². The Morgan fingerprint density at radius 2 is 1.80 bits per heavy atom. The molecule has 0 unspecified atom stereocenters. The highest BCUT2D eigenvalue weighted by molar-refractivity contribution is 7.89. The van der Waals surface area contributed by atoms with Crippen LogP contribution in [-0.4, -0.2) is 25.6 Å². The Labute approximate surface area is 148 Å². The van der Waals surface area contributed by atoms with E-state index in [1.807, 2.05) is 13.8 Å². The minimum Gasteiger partial charge on any atom is -0.496 e. The Balaban J connectivity index is 2.21. The third kappa shape index (κ3) is 4.36. The molecule has 1 aromatic carbocycles. The van der Waals surface area contributed by atoms with Crippen molar-refractivity contribution in [3.05, 3.63) is 52.3 Å². The van der Waals surface area contributed by atoms with Crippen LogP contribution in [-0.2, 0) is 16.6 Å². The van der Waals surface area contributed by atoms with Crippen molar-refractivity contribution in [3.8, 4) is 5.75 Å². The normalized spacial score (nSPS) is 12.9. The number of rotatable bonds is 6. The van der Waals surface area contributed by atoms with Crippen LogP contribution in [0.2, 0.25) is 0 Å². The third-order valence-electron chi connectivity index (χ3n) is 4.03. The molecule has 1 heterocycles. The molecule has 0 saturated carbocycles. The molecule has 0 bridgehead atoms. The molecule has 1 aromatic heterocycles. The Morgan fingerprint density at radius 3 is 2.28 bits per heavy atom. The van der Waals surface area contributed by atoms with Gasteiger partial charge in [-0.3, -0.25) is 4.98 Å². The van der Waals surface area contributed by atoms with Crippen LogP contribution in [0.25, 0.3) is 0 Å². The Bertz CT molecular complexity index is 854. The lowest BCUT2D eigenvalue weighted by molar-refractivity contribution is 0.198. The van der Waals surface area contributed by atoms with E-state index in [-0.39, 0.29) is 11.4 Å². The van der Waals surface area contributed by atoms with Crippen molar-refractivity contribution >= 4 is 10.0 Å². The molecule has 6 nitrogen and oxygen atoms in total. The predicted octanol–water partition coefficient (Wildman–Crippen LogP) is 2.55. The highest BCUT2D eigenvalue weighted by atomic mass is 32.2. The summed E-state index contributed by atoms with van der Waals surface area (Å²) in [5.74, 6) is 0.685. The molecule has 25 heavy (non-hydrogen) atoms. The monoisotopic (exact) mass is 364 g/mol. The highest BCUT2D eigenvalue weighted by Crippen LogP contribution is 2.26. The molecule has 136 valence electrons. The summed E-state index contributed by atoms with van der Waals surface area (Å²) in [6.45, 7) is 7.15. The molecule has 0 saturated heterocycles. The minimum atomic E-state index is -3.66. The average Bonchev–Trinajstić information content (AvgIpc) is 2.52. The number of pyridine rings is 1. The quantitative estimate of drug-likeness (QED) is 0.822. The molecular weight excluding hydrogens is 340 g/mol. The van der Waals surface area contributed by atoms with E-state index in [9.17, 15) is 13.5 Å². The summed E-state index contributed by atoms with van der Waals surface area (Å²) in [4.78, 5) is 4.54. The molecule has 7 heteroatoms. The number of nitrogens with zero attached hydrogens (tertiary/aromatic N) is 1. The zero-order valence-corrected chi connectivity index (χ0v) is 15.9. The maximum Gasteiger partial charge on any atom is 0.240 e. The van der Waals surface area contributed by atoms with Crippen molar-refractivity contribution in [2.45, 2.75) is 45.2 Å². The van der Waals surface area contributed by atoms with Crippen LogP contribution in [0.4, 0.5) is 0 Å². The fourth-order valence-electron chi connectivity index (χ4n) is 2.80. The number of methoxy groups -OCH3 is 1. The van der Waals surface area contributed by atoms with Gasteiger partial charge in [-0.1, -0.05) is 6.07 Å². The predicted molar refractivity (Wildman–Crippen MR) is 96.1 cm³/mol. The Morgan fingerprint density at radius 1 is 1.20 bits per heavy atom. The standard InChI is InChI=1S/C18H24N2O4S/c1-11-8-16(9-12(2)18(11)24-5)25(22,23)19-10-15-6-7-17(14(4)21)13(3)20-15/h6-9,14,19,21H,10H2,1-5H3/t14-/m1/s1. The number of ether oxygens (including phenoxy) is 1. The van der Waals surface area contributed by atoms with Gasteiger partial charge in [0.25, 0.3) is 0 Å². The van der Waals surface area contributed by atoms with Crippen LogP contribution in [0.1, 0.15) is 41.1 Å². The summed E-state index contributed by atoms with van der Waals surface area (Å²) in [5.41, 5.74) is 3.53. The van der Waals surface area contributed by atoms with Gasteiger partial charge in [-0.15, -0.1) is 0 Å². The number of aliphatic hydroxyl groups is 1. The molecule has 0 spiro atoms. The smallest absolute Gasteiger partial charge is 0.240 e. The maximum absolute atomic E-state index is 12.5. The van der Waals surface area contributed by atoms with Crippen molar-refractivity contribution < 1.29 is 18.3 Å². The van der Waals surface area contributed by atoms with Crippen molar-refractivity contribution in [1.29, 1.82) is 0 Å². The van der Waals surface area contributed by atoms with Gasteiger partial charge in [0, 0.05) is 11.3 Å². The van der Waals surface area contributed by atoms with Gasteiger partial charge in [-0.2, -0.15) is 0 Å². The van der Waals surface area contributed by atoms with E-state index in [1.165, 1.54) is 0 Å². The average molecular weight is 364 g/mol. The Hall–Kier alpha value is -1.96. The van der Waals surface area contributed by atoms with Gasteiger partial charge >= 0.3 is 0 Å². The first-order chi connectivity index (χ1) is 11.7. The Kier molecular flexibility index (Phi) is 5.82. The fraction of sp³-hybridized carbons (Fsp3) is 0.389. The topological polar surface area (TPSA) is 88.5 Å². The molecule has 2 aromatic rings. The van der Waals surface area contributed by atoms with Crippen molar-refractivity contribution in [3.63, 3.8) is 0 Å². The number of aliphatic hydroxyl groups excluding tert-OH is 1. The van der Waals surface area contributed by atoms with Crippen LogP contribution in [0.15, 0.2) is 29.2 Å². The van der Waals surface area contributed by atoms with Crippen molar-refractivity contribution in [2.75, 3.05) is 7.11 Å². The summed E-state index contributed by atoms with van der Waals surface area (Å²) in [7, 11) is -2.10. The van der Waals surface area contributed by atoms with E-state index >= 15 is 0 Å². The van der Waals surface area contributed by atoms with Gasteiger partial charge in [0.05, 0.1) is 30.3 Å². The first kappa shape index (κ1) is 19.4. The van der Waals surface area contributed by atoms with E-state index in [2.05, 4.69) is 9.71 Å². The van der Waals surface area contributed by atoms with E-state index in [4.69, 9.17) is 4.74 Å². The number of benzene rings is 1. The maximum atomic E-state index is 12.5. The molecule has 0 amide bonds. The number of aryl methyl sites for hydroxylation is 3. The largest absolute Gasteiger partial charge is 0.496 e. The molecular formula is C18H24N2O4S. The van der Waals surface area contributed by atoms with Crippen LogP contribution in [0, 0.1) is 20.8 Å². The lowest BCUT2D eigenvalue weighted by Crippen LogP contribution is -2.24. The number of hydrogen-bond acceptors (Lipinski definition) is 5. The van der Waals surface area contributed by atoms with E-state index in [0.29, 0.717) is 17.1 Å². The summed E-state index contributed by atoms with van der Waals surface area (Å²) < 4.78 is 32.9. The van der Waals surface area contributed by atoms with Crippen LogP contribution in [0.5, 0.6) is 5.75 Å². The van der Waals surface area contributed by atoms with Crippen molar-refractivity contribution in [1.82, 2.24) is 9.71 Å². The highest BCUT2D eigenvalue weighted by Gasteiger charge is 2.17. The molecule has 2 N–H and O–H groups in total. The van der Waals surface area contributed by atoms with E-state index in [1.54, 1.807) is 45.2 Å². The molecule has 0 aliphatic carbocycles. The van der Waals surface area contributed by atoms with Crippen LogP contribution in [0.3, 0.4) is 0 Å². The molecule has 1 atom stereocenters. The SMILES string of the molecule is COc1c(C)cc(S(=O)(=O)NCc2ccc([C@@H](C)O)c(C)n2)cc1C. The molecule has 0 fully saturated rings. The van der Waals surface area contributed by atoms with Gasteiger partial charge in [-0.25, -0.2) is 13.1 Å². The second-order valence-electron chi connectivity index (χ2n) is 6.07. The molecule has 2 rings (SSSR count). The first-order valence-corrected chi connectivity index (χ1v) is 9.43. The van der Waals surface area contributed by atoms with Gasteiger partial charge in [0.2, 0.25) is 10.0 Å². The second kappa shape index (κ2) is 7.51. The van der Waals surface area contributed by atoms with Gasteiger partial charge < -0.3 is 9.84 Å². The molecule has 0 radical (unpaired) electrons. The number of nitrogens with one attached hydrogen (secondary N) is 1. The second-order valence-corrected chi connectivity index (χ2v) is 7.84. The third-order valence-corrected chi connectivity index (χ3v) is 5.41. The lowest BCUT2D eigenvalue weighted by Gasteiger charge is -2.13. The van der Waals surface area contributed by atoms with Crippen LogP contribution < -0.4 is 9.46 Å². The first-order valence-electron chi connectivity index (χ1n) is 7.95. The number of aromatic nitrogens is 1. The summed E-state index contributed by atoms with van der Waals surface area (Å²) >= 11 is 0. The van der Waals surface area contributed by atoms with Crippen LogP contribution >= 0.6 is 0 Å². The van der Waals surface area contributed by atoms with E-state index < -0.39 is 16.1 Å². The summed E-state index contributed by atoms with van der Waals surface area (Å²) in [6, 6.07) is 6.65. The van der Waals surface area contributed by atoms with Gasteiger partial charge in [0.15, 0.2) is 0 Å². The zero-order valence-electron chi connectivity index (χ0n) is 15.1. The van der Waals surface area contributed by atoms with Crippen molar-refractivity contribution in [2.24, 2.45) is 0 Å². The fourth-order valence-corrected chi connectivity index (χ4v) is 3.97. The zero-order chi connectivity index (χ0) is 18.8. The molecule has 0 aliphatic rings. The summed E-state index contributed by atoms with van der Waals surface area (Å²) in [6.07, 6.45) is -0.608. The summed E-state index contributed by atoms with van der Waals surface area (Å²) in [5, 5.41) is 9.64.